The zero-order valence-electron chi connectivity index (χ0n) is 13.6. The highest BCUT2D eigenvalue weighted by molar-refractivity contribution is 5.85. The Morgan fingerprint density at radius 2 is 2.00 bits per heavy atom. The average Bonchev–Trinajstić information content (AvgIpc) is 3.00. The summed E-state index contributed by atoms with van der Waals surface area (Å²) in [4.78, 5) is 13.9. The molecule has 1 atom stereocenters. The van der Waals surface area contributed by atoms with Gasteiger partial charge < -0.3 is 14.5 Å². The summed E-state index contributed by atoms with van der Waals surface area (Å²) in [5.74, 6) is 1.40. The van der Waals surface area contributed by atoms with Crippen molar-refractivity contribution in [3.05, 3.63) is 54.0 Å². The van der Waals surface area contributed by atoms with E-state index in [4.69, 9.17) is 9.15 Å². The maximum absolute atomic E-state index is 11.9. The van der Waals surface area contributed by atoms with Gasteiger partial charge in [-0.3, -0.25) is 9.69 Å². The number of nitrogens with one attached hydrogen (secondary N) is 1. The summed E-state index contributed by atoms with van der Waals surface area (Å²) in [6.07, 6.45) is 1.63. The van der Waals surface area contributed by atoms with Crippen LogP contribution in [0.1, 0.15) is 17.4 Å². The van der Waals surface area contributed by atoms with Crippen molar-refractivity contribution in [3.63, 3.8) is 0 Å². The fraction of sp³-hybridized carbons (Fsp3) is 0.353. The fourth-order valence-corrected chi connectivity index (χ4v) is 2.14. The van der Waals surface area contributed by atoms with Crippen molar-refractivity contribution in [1.82, 2.24) is 10.2 Å². The SMILES string of the molecule is Cc1ccccc1OCC(=O)NCC(c1ccco1)N(C)C.Cl. The minimum Gasteiger partial charge on any atom is -0.484 e. The van der Waals surface area contributed by atoms with Gasteiger partial charge in [0.2, 0.25) is 0 Å². The first kappa shape index (κ1) is 19.1. The van der Waals surface area contributed by atoms with Crippen molar-refractivity contribution < 1.29 is 13.9 Å². The number of hydrogen-bond donors (Lipinski definition) is 1. The van der Waals surface area contributed by atoms with E-state index in [1.807, 2.05) is 62.3 Å². The topological polar surface area (TPSA) is 54.7 Å². The number of carbonyl (C=O) groups excluding carboxylic acids is 1. The Morgan fingerprint density at radius 1 is 1.26 bits per heavy atom. The minimum atomic E-state index is -0.151. The van der Waals surface area contributed by atoms with Gasteiger partial charge in [-0.15, -0.1) is 12.4 Å². The third-order valence-corrected chi connectivity index (χ3v) is 3.44. The summed E-state index contributed by atoms with van der Waals surface area (Å²) in [6.45, 7) is 2.42. The monoisotopic (exact) mass is 338 g/mol. The Bertz CT molecular complexity index is 600. The van der Waals surface area contributed by atoms with E-state index in [-0.39, 0.29) is 31.0 Å². The number of hydrogen-bond acceptors (Lipinski definition) is 4. The molecule has 1 amide bonds. The molecule has 0 radical (unpaired) electrons. The largest absolute Gasteiger partial charge is 0.484 e. The molecular weight excluding hydrogens is 316 g/mol. The number of likely N-dealkylation sites (N-methyl/N-ethyl adjacent to an activating group) is 1. The van der Waals surface area contributed by atoms with E-state index in [0.29, 0.717) is 6.54 Å². The number of carbonyl (C=O) groups is 1. The molecule has 0 saturated carbocycles. The second-order valence-corrected chi connectivity index (χ2v) is 5.35. The molecule has 0 spiro atoms. The molecule has 0 aliphatic heterocycles. The Hall–Kier alpha value is -1.98. The predicted octanol–water partition coefficient (Wildman–Crippen LogP) is 2.81. The molecule has 1 aromatic carbocycles. The number of halogens is 1. The number of rotatable bonds is 7. The van der Waals surface area contributed by atoms with Crippen molar-refractivity contribution in [2.45, 2.75) is 13.0 Å². The van der Waals surface area contributed by atoms with E-state index < -0.39 is 0 Å². The lowest BCUT2D eigenvalue weighted by Crippen LogP contribution is -2.36. The Kier molecular flexibility index (Phi) is 7.65. The molecule has 0 saturated heterocycles. The molecule has 0 aliphatic carbocycles. The summed E-state index contributed by atoms with van der Waals surface area (Å²) in [7, 11) is 3.90. The highest BCUT2D eigenvalue weighted by atomic mass is 35.5. The third-order valence-electron chi connectivity index (χ3n) is 3.44. The van der Waals surface area contributed by atoms with E-state index in [1.54, 1.807) is 6.26 Å². The lowest BCUT2D eigenvalue weighted by Gasteiger charge is -2.22. The lowest BCUT2D eigenvalue weighted by atomic mass is 10.2. The third kappa shape index (κ3) is 5.62. The number of benzene rings is 1. The van der Waals surface area contributed by atoms with Crippen molar-refractivity contribution >= 4 is 18.3 Å². The zero-order valence-corrected chi connectivity index (χ0v) is 14.4. The van der Waals surface area contributed by atoms with Crippen LogP contribution < -0.4 is 10.1 Å². The average molecular weight is 339 g/mol. The number of furan rings is 1. The van der Waals surface area contributed by atoms with Gasteiger partial charge in [0, 0.05) is 6.54 Å². The molecule has 2 rings (SSSR count). The molecule has 0 fully saturated rings. The second kappa shape index (κ2) is 9.22. The molecule has 6 heteroatoms. The van der Waals surface area contributed by atoms with Crippen molar-refractivity contribution in [3.8, 4) is 5.75 Å². The van der Waals surface area contributed by atoms with Crippen LogP contribution in [0.5, 0.6) is 5.75 Å². The maximum atomic E-state index is 11.9. The molecule has 1 aromatic heterocycles. The molecule has 23 heavy (non-hydrogen) atoms. The van der Waals surface area contributed by atoms with Gasteiger partial charge in [0.1, 0.15) is 11.5 Å². The summed E-state index contributed by atoms with van der Waals surface area (Å²) >= 11 is 0. The first-order valence-corrected chi connectivity index (χ1v) is 7.23. The second-order valence-electron chi connectivity index (χ2n) is 5.35. The van der Waals surface area contributed by atoms with Crippen LogP contribution in [0.4, 0.5) is 0 Å². The number of aryl methyl sites for hydroxylation is 1. The van der Waals surface area contributed by atoms with Crippen LogP contribution in [0.3, 0.4) is 0 Å². The molecule has 1 unspecified atom stereocenters. The summed E-state index contributed by atoms with van der Waals surface area (Å²) < 4.78 is 10.9. The number of ether oxygens (including phenoxy) is 1. The van der Waals surface area contributed by atoms with Gasteiger partial charge in [-0.1, -0.05) is 18.2 Å². The van der Waals surface area contributed by atoms with Gasteiger partial charge in [-0.25, -0.2) is 0 Å². The van der Waals surface area contributed by atoms with E-state index >= 15 is 0 Å². The fourth-order valence-electron chi connectivity index (χ4n) is 2.14. The van der Waals surface area contributed by atoms with Crippen LogP contribution in [0.2, 0.25) is 0 Å². The molecule has 2 aromatic rings. The van der Waals surface area contributed by atoms with E-state index in [9.17, 15) is 4.79 Å². The number of para-hydroxylation sites is 1. The molecule has 1 N–H and O–H groups in total. The van der Waals surface area contributed by atoms with Gasteiger partial charge in [0.15, 0.2) is 6.61 Å². The molecule has 0 aliphatic rings. The van der Waals surface area contributed by atoms with Gasteiger partial charge in [0.05, 0.1) is 12.3 Å². The van der Waals surface area contributed by atoms with Gasteiger partial charge in [-0.2, -0.15) is 0 Å². The quantitative estimate of drug-likeness (QED) is 0.843. The van der Waals surface area contributed by atoms with E-state index in [0.717, 1.165) is 17.1 Å². The first-order chi connectivity index (χ1) is 10.6. The smallest absolute Gasteiger partial charge is 0.258 e. The molecule has 126 valence electrons. The molecule has 1 heterocycles. The van der Waals surface area contributed by atoms with Gasteiger partial charge in [-0.05, 0) is 44.8 Å². The van der Waals surface area contributed by atoms with Crippen LogP contribution in [0.25, 0.3) is 0 Å². The van der Waals surface area contributed by atoms with E-state index in [1.165, 1.54) is 0 Å². The summed E-state index contributed by atoms with van der Waals surface area (Å²) in [6, 6.07) is 11.4. The highest BCUT2D eigenvalue weighted by Crippen LogP contribution is 2.18. The molecular formula is C17H23ClN2O3. The lowest BCUT2D eigenvalue weighted by molar-refractivity contribution is -0.123. The minimum absolute atomic E-state index is 0. The summed E-state index contributed by atoms with van der Waals surface area (Å²) in [5.41, 5.74) is 1.01. The highest BCUT2D eigenvalue weighted by Gasteiger charge is 2.17. The first-order valence-electron chi connectivity index (χ1n) is 7.23. The van der Waals surface area contributed by atoms with Gasteiger partial charge >= 0.3 is 0 Å². The van der Waals surface area contributed by atoms with Gasteiger partial charge in [0.25, 0.3) is 5.91 Å². The molecule has 0 bridgehead atoms. The van der Waals surface area contributed by atoms with Crippen LogP contribution in [-0.2, 0) is 4.79 Å². The predicted molar refractivity (Wildman–Crippen MR) is 92.1 cm³/mol. The van der Waals surface area contributed by atoms with E-state index in [2.05, 4.69) is 5.32 Å². The number of amides is 1. The van der Waals surface area contributed by atoms with Crippen LogP contribution in [-0.4, -0.2) is 38.1 Å². The Balaban J connectivity index is 0.00000264. The molecule has 5 nitrogen and oxygen atoms in total. The van der Waals surface area contributed by atoms with Crippen LogP contribution >= 0.6 is 12.4 Å². The van der Waals surface area contributed by atoms with Crippen molar-refractivity contribution in [1.29, 1.82) is 0 Å². The standard InChI is InChI=1S/C17H22N2O3.ClH/c1-13-7-4-5-8-15(13)22-12-17(20)18-11-14(19(2)3)16-9-6-10-21-16;/h4-10,14H,11-12H2,1-3H3,(H,18,20);1H. The van der Waals surface area contributed by atoms with Crippen LogP contribution in [0, 0.1) is 6.92 Å². The van der Waals surface area contributed by atoms with Crippen molar-refractivity contribution in [2.75, 3.05) is 27.2 Å². The Morgan fingerprint density at radius 3 is 2.61 bits per heavy atom. The number of nitrogens with zero attached hydrogens (tertiary/aromatic N) is 1. The summed E-state index contributed by atoms with van der Waals surface area (Å²) in [5, 5.41) is 2.88. The van der Waals surface area contributed by atoms with Crippen molar-refractivity contribution in [2.24, 2.45) is 0 Å². The maximum Gasteiger partial charge on any atom is 0.258 e. The normalized spacial score (nSPS) is 11.7. The van der Waals surface area contributed by atoms with Crippen LogP contribution in [0.15, 0.2) is 47.1 Å². The Labute approximate surface area is 143 Å². The zero-order chi connectivity index (χ0) is 15.9.